The van der Waals surface area contributed by atoms with E-state index in [1.165, 1.54) is 0 Å². The summed E-state index contributed by atoms with van der Waals surface area (Å²) in [6, 6.07) is 7.83. The zero-order valence-corrected chi connectivity index (χ0v) is 12.5. The first-order chi connectivity index (χ1) is 8.65. The predicted molar refractivity (Wildman–Crippen MR) is 78.3 cm³/mol. The average molecular weight is 331 g/mol. The summed E-state index contributed by atoms with van der Waals surface area (Å²) in [5, 5.41) is 3.76. The molecule has 0 heterocycles. The van der Waals surface area contributed by atoms with Crippen LogP contribution in [0.15, 0.2) is 24.3 Å². The number of benzene rings is 1. The fraction of sp³-hybridized carbons (Fsp3) is 0.500. The van der Waals surface area contributed by atoms with Gasteiger partial charge >= 0.3 is 0 Å². The number of amides is 1. The molecule has 18 heavy (non-hydrogen) atoms. The number of rotatable bonds is 3. The van der Waals surface area contributed by atoms with Crippen LogP contribution in [-0.2, 0) is 11.2 Å². The summed E-state index contributed by atoms with van der Waals surface area (Å²) in [5.41, 5.74) is 0.894. The fourth-order valence-corrected chi connectivity index (χ4v) is 3.02. The molecule has 2 nitrogen and oxygen atoms in total. The van der Waals surface area contributed by atoms with Crippen molar-refractivity contribution in [2.45, 2.75) is 43.0 Å². The van der Waals surface area contributed by atoms with Crippen LogP contribution in [-0.4, -0.2) is 16.8 Å². The lowest BCUT2D eigenvalue weighted by Gasteiger charge is -2.26. The van der Waals surface area contributed by atoms with Crippen LogP contribution in [0.4, 0.5) is 0 Å². The molecule has 0 radical (unpaired) electrons. The standard InChI is InChI=1S/C14H17BrClNO/c15-11-5-7-12(8-6-11)17-14(18)9-10-3-1-2-4-13(10)16/h1-4,11-12H,5-9H2,(H,17,18). The third-order valence-corrected chi connectivity index (χ3v) is 4.62. The molecule has 2 rings (SSSR count). The van der Waals surface area contributed by atoms with Crippen molar-refractivity contribution in [3.8, 4) is 0 Å². The molecular formula is C14H17BrClNO. The smallest absolute Gasteiger partial charge is 0.224 e. The lowest BCUT2D eigenvalue weighted by Crippen LogP contribution is -2.38. The van der Waals surface area contributed by atoms with Crippen LogP contribution >= 0.6 is 27.5 Å². The topological polar surface area (TPSA) is 29.1 Å². The van der Waals surface area contributed by atoms with Crippen molar-refractivity contribution in [2.75, 3.05) is 0 Å². The van der Waals surface area contributed by atoms with E-state index in [0.717, 1.165) is 31.2 Å². The van der Waals surface area contributed by atoms with E-state index < -0.39 is 0 Å². The van der Waals surface area contributed by atoms with E-state index in [-0.39, 0.29) is 5.91 Å². The zero-order chi connectivity index (χ0) is 13.0. The molecule has 1 amide bonds. The molecule has 0 aliphatic heterocycles. The van der Waals surface area contributed by atoms with Gasteiger partial charge in [0.05, 0.1) is 6.42 Å². The summed E-state index contributed by atoms with van der Waals surface area (Å²) in [4.78, 5) is 12.6. The molecule has 1 aliphatic carbocycles. The predicted octanol–water partition coefficient (Wildman–Crippen LogP) is 3.70. The summed E-state index contributed by atoms with van der Waals surface area (Å²) in [7, 11) is 0. The molecule has 0 aromatic heterocycles. The third-order valence-electron chi connectivity index (χ3n) is 3.33. The highest BCUT2D eigenvalue weighted by Gasteiger charge is 2.20. The van der Waals surface area contributed by atoms with Gasteiger partial charge in [0.15, 0.2) is 0 Å². The maximum atomic E-state index is 11.9. The Labute approximate surface area is 121 Å². The number of carbonyl (C=O) groups is 1. The molecular weight excluding hydrogens is 314 g/mol. The first-order valence-electron chi connectivity index (χ1n) is 6.32. The molecule has 98 valence electrons. The van der Waals surface area contributed by atoms with Crippen molar-refractivity contribution >= 4 is 33.4 Å². The molecule has 1 aliphatic rings. The number of hydrogen-bond donors (Lipinski definition) is 1. The van der Waals surface area contributed by atoms with Gasteiger partial charge in [0, 0.05) is 15.9 Å². The second kappa shape index (κ2) is 6.58. The van der Waals surface area contributed by atoms with Gasteiger partial charge < -0.3 is 5.32 Å². The number of halogens is 2. The van der Waals surface area contributed by atoms with Crippen molar-refractivity contribution in [2.24, 2.45) is 0 Å². The molecule has 1 N–H and O–H groups in total. The highest BCUT2D eigenvalue weighted by Crippen LogP contribution is 2.24. The van der Waals surface area contributed by atoms with Crippen molar-refractivity contribution in [1.29, 1.82) is 0 Å². The summed E-state index contributed by atoms with van der Waals surface area (Å²) in [6.45, 7) is 0. The molecule has 0 saturated heterocycles. The Morgan fingerprint density at radius 1 is 1.28 bits per heavy atom. The summed E-state index contributed by atoms with van der Waals surface area (Å²) in [6.07, 6.45) is 4.76. The molecule has 1 saturated carbocycles. The molecule has 0 unspecified atom stereocenters. The number of hydrogen-bond acceptors (Lipinski definition) is 1. The number of alkyl halides is 1. The van der Waals surface area contributed by atoms with Gasteiger partial charge in [0.25, 0.3) is 0 Å². The first-order valence-corrected chi connectivity index (χ1v) is 7.61. The Kier molecular flexibility index (Phi) is 5.07. The minimum Gasteiger partial charge on any atom is -0.353 e. The average Bonchev–Trinajstić information content (AvgIpc) is 2.35. The van der Waals surface area contributed by atoms with Crippen LogP contribution in [0, 0.1) is 0 Å². The summed E-state index contributed by atoms with van der Waals surface area (Å²) in [5.74, 6) is 0.0705. The van der Waals surface area contributed by atoms with Crippen molar-refractivity contribution in [3.05, 3.63) is 34.9 Å². The van der Waals surface area contributed by atoms with Gasteiger partial charge in [0.1, 0.15) is 0 Å². The molecule has 1 aromatic rings. The molecule has 0 atom stereocenters. The first kappa shape index (κ1) is 13.9. The Balaban J connectivity index is 1.84. The molecule has 0 spiro atoms. The molecule has 1 fully saturated rings. The van der Waals surface area contributed by atoms with E-state index in [4.69, 9.17) is 11.6 Å². The van der Waals surface area contributed by atoms with E-state index in [2.05, 4.69) is 21.2 Å². The summed E-state index contributed by atoms with van der Waals surface area (Å²) < 4.78 is 0. The molecule has 0 bridgehead atoms. The second-order valence-electron chi connectivity index (χ2n) is 4.78. The highest BCUT2D eigenvalue weighted by molar-refractivity contribution is 9.09. The lowest BCUT2D eigenvalue weighted by atomic mass is 9.95. The minimum absolute atomic E-state index is 0.0705. The number of nitrogens with one attached hydrogen (secondary N) is 1. The second-order valence-corrected chi connectivity index (χ2v) is 6.49. The molecule has 1 aromatic carbocycles. The van der Waals surface area contributed by atoms with E-state index >= 15 is 0 Å². The minimum atomic E-state index is 0.0705. The van der Waals surface area contributed by atoms with Gasteiger partial charge in [-0.05, 0) is 37.3 Å². The lowest BCUT2D eigenvalue weighted by molar-refractivity contribution is -0.121. The Morgan fingerprint density at radius 2 is 1.94 bits per heavy atom. The Morgan fingerprint density at radius 3 is 2.61 bits per heavy atom. The van der Waals surface area contributed by atoms with Gasteiger partial charge in [0.2, 0.25) is 5.91 Å². The Hall–Kier alpha value is -0.540. The largest absolute Gasteiger partial charge is 0.353 e. The monoisotopic (exact) mass is 329 g/mol. The van der Waals surface area contributed by atoms with Crippen molar-refractivity contribution in [1.82, 2.24) is 5.32 Å². The van der Waals surface area contributed by atoms with Gasteiger partial charge in [-0.1, -0.05) is 45.7 Å². The fourth-order valence-electron chi connectivity index (χ4n) is 2.29. The maximum absolute atomic E-state index is 11.9. The van der Waals surface area contributed by atoms with E-state index in [1.807, 2.05) is 24.3 Å². The van der Waals surface area contributed by atoms with Gasteiger partial charge in [-0.15, -0.1) is 0 Å². The van der Waals surface area contributed by atoms with Gasteiger partial charge in [-0.2, -0.15) is 0 Å². The maximum Gasteiger partial charge on any atom is 0.224 e. The Bertz CT molecular complexity index is 416. The van der Waals surface area contributed by atoms with Gasteiger partial charge in [-0.3, -0.25) is 4.79 Å². The zero-order valence-electron chi connectivity index (χ0n) is 10.2. The van der Waals surface area contributed by atoms with E-state index in [9.17, 15) is 4.79 Å². The van der Waals surface area contributed by atoms with Crippen LogP contribution in [0.2, 0.25) is 5.02 Å². The quantitative estimate of drug-likeness (QED) is 0.841. The number of carbonyl (C=O) groups excluding carboxylic acids is 1. The highest BCUT2D eigenvalue weighted by atomic mass is 79.9. The third kappa shape index (κ3) is 3.99. The van der Waals surface area contributed by atoms with E-state index in [1.54, 1.807) is 0 Å². The van der Waals surface area contributed by atoms with Crippen LogP contribution in [0.25, 0.3) is 0 Å². The molecule has 4 heteroatoms. The SMILES string of the molecule is O=C(Cc1ccccc1Cl)NC1CCC(Br)CC1. The van der Waals surface area contributed by atoms with Crippen molar-refractivity contribution in [3.63, 3.8) is 0 Å². The van der Waals surface area contributed by atoms with Gasteiger partial charge in [-0.25, -0.2) is 0 Å². The van der Waals surface area contributed by atoms with Crippen LogP contribution < -0.4 is 5.32 Å². The van der Waals surface area contributed by atoms with Crippen LogP contribution in [0.3, 0.4) is 0 Å². The van der Waals surface area contributed by atoms with E-state index in [0.29, 0.717) is 22.3 Å². The van der Waals surface area contributed by atoms with Crippen LogP contribution in [0.5, 0.6) is 0 Å². The normalized spacial score (nSPS) is 23.7. The van der Waals surface area contributed by atoms with Crippen LogP contribution in [0.1, 0.15) is 31.2 Å². The van der Waals surface area contributed by atoms with Crippen molar-refractivity contribution < 1.29 is 4.79 Å². The summed E-state index contributed by atoms with van der Waals surface area (Å²) >= 11 is 9.66.